The normalized spacial score (nSPS) is 13.8. The fourth-order valence-electron chi connectivity index (χ4n) is 1.71. The molecule has 0 aliphatic carbocycles. The Labute approximate surface area is 131 Å². The van der Waals surface area contributed by atoms with Gasteiger partial charge in [0.05, 0.1) is 15.2 Å². The zero-order valence-corrected chi connectivity index (χ0v) is 14.4. The van der Waals surface area contributed by atoms with Gasteiger partial charge in [-0.15, -0.1) is 0 Å². The van der Waals surface area contributed by atoms with Crippen LogP contribution in [0.5, 0.6) is 0 Å². The summed E-state index contributed by atoms with van der Waals surface area (Å²) < 4.78 is 40.8. The molecular weight excluding hydrogens is 373 g/mol. The predicted octanol–water partition coefficient (Wildman–Crippen LogP) is 2.05. The van der Waals surface area contributed by atoms with Crippen LogP contribution in [0.2, 0.25) is 5.02 Å². The molecule has 20 heavy (non-hydrogen) atoms. The van der Waals surface area contributed by atoms with E-state index in [-0.39, 0.29) is 15.2 Å². The van der Waals surface area contributed by atoms with Gasteiger partial charge in [0.15, 0.2) is 5.82 Å². The molecule has 1 aromatic rings. The number of halogens is 3. The molecule has 1 atom stereocenters. The topological polar surface area (TPSA) is 75.4 Å². The van der Waals surface area contributed by atoms with Crippen LogP contribution in [-0.4, -0.2) is 40.0 Å². The van der Waals surface area contributed by atoms with Crippen molar-refractivity contribution < 1.29 is 12.8 Å². The molecule has 0 fully saturated rings. The van der Waals surface area contributed by atoms with E-state index in [1.165, 1.54) is 0 Å². The van der Waals surface area contributed by atoms with Crippen molar-refractivity contribution in [2.75, 3.05) is 26.4 Å². The van der Waals surface area contributed by atoms with Crippen molar-refractivity contribution in [3.63, 3.8) is 0 Å². The maximum atomic E-state index is 14.0. The van der Waals surface area contributed by atoms with Gasteiger partial charge in [0.1, 0.15) is 4.90 Å². The highest BCUT2D eigenvalue weighted by Gasteiger charge is 2.25. The lowest BCUT2D eigenvalue weighted by molar-refractivity contribution is 0.370. The second-order valence-corrected chi connectivity index (χ2v) is 7.57. The number of nitrogens with zero attached hydrogens (tertiary/aromatic N) is 1. The minimum Gasteiger partial charge on any atom is -0.395 e. The first-order valence-corrected chi connectivity index (χ1v) is 8.31. The van der Waals surface area contributed by atoms with E-state index >= 15 is 0 Å². The van der Waals surface area contributed by atoms with E-state index in [1.54, 1.807) is 21.0 Å². The van der Waals surface area contributed by atoms with Crippen LogP contribution in [0.1, 0.15) is 6.92 Å². The molecule has 0 heterocycles. The van der Waals surface area contributed by atoms with Gasteiger partial charge in [-0.05, 0) is 43.0 Å². The van der Waals surface area contributed by atoms with Crippen LogP contribution in [0.25, 0.3) is 0 Å². The van der Waals surface area contributed by atoms with Gasteiger partial charge in [0.25, 0.3) is 0 Å². The van der Waals surface area contributed by atoms with Gasteiger partial charge in [-0.25, -0.2) is 17.5 Å². The Hall–Kier alpha value is -0.410. The Kier molecular flexibility index (Phi) is 5.79. The Bertz CT molecular complexity index is 610. The molecule has 0 aliphatic rings. The first-order valence-electron chi connectivity index (χ1n) is 5.66. The zero-order chi connectivity index (χ0) is 15.7. The average molecular weight is 389 g/mol. The Morgan fingerprint density at radius 2 is 2.10 bits per heavy atom. The van der Waals surface area contributed by atoms with Gasteiger partial charge in [-0.3, -0.25) is 0 Å². The fraction of sp³-hybridized carbons (Fsp3) is 0.455. The SMILES string of the molecule is CC(CN(C)C)NS(=O)(=O)c1cc(Cl)c(Br)c(N)c1F. The maximum Gasteiger partial charge on any atom is 0.243 e. The van der Waals surface area contributed by atoms with Crippen LogP contribution in [-0.2, 0) is 10.0 Å². The molecule has 0 amide bonds. The van der Waals surface area contributed by atoms with Gasteiger partial charge < -0.3 is 10.6 Å². The lowest BCUT2D eigenvalue weighted by atomic mass is 10.3. The minimum atomic E-state index is -4.03. The third-order valence-corrected chi connectivity index (χ3v) is 5.41. The van der Waals surface area contributed by atoms with Crippen molar-refractivity contribution in [2.24, 2.45) is 0 Å². The number of nitrogens with two attached hydrogens (primary N) is 1. The van der Waals surface area contributed by atoms with E-state index in [1.807, 2.05) is 4.90 Å². The lowest BCUT2D eigenvalue weighted by Crippen LogP contribution is -2.39. The van der Waals surface area contributed by atoms with Gasteiger partial charge in [-0.1, -0.05) is 11.6 Å². The highest BCUT2D eigenvalue weighted by atomic mass is 79.9. The minimum absolute atomic E-state index is 0.0320. The molecule has 1 rings (SSSR count). The quantitative estimate of drug-likeness (QED) is 0.598. The molecule has 3 N–H and O–H groups in total. The van der Waals surface area contributed by atoms with E-state index in [0.29, 0.717) is 6.54 Å². The Balaban J connectivity index is 3.17. The Morgan fingerprint density at radius 1 is 1.55 bits per heavy atom. The molecule has 0 radical (unpaired) electrons. The van der Waals surface area contributed by atoms with E-state index in [0.717, 1.165) is 6.07 Å². The van der Waals surface area contributed by atoms with Gasteiger partial charge in [0, 0.05) is 12.6 Å². The number of hydrogen-bond donors (Lipinski definition) is 2. The average Bonchev–Trinajstić information content (AvgIpc) is 2.29. The summed E-state index contributed by atoms with van der Waals surface area (Å²) in [6.07, 6.45) is 0. The number of likely N-dealkylation sites (N-methyl/N-ethyl adjacent to an activating group) is 1. The fourth-order valence-corrected chi connectivity index (χ4v) is 3.62. The van der Waals surface area contributed by atoms with Crippen LogP contribution in [0, 0.1) is 5.82 Å². The number of sulfonamides is 1. The van der Waals surface area contributed by atoms with Crippen LogP contribution < -0.4 is 10.5 Å². The maximum absolute atomic E-state index is 14.0. The molecule has 0 saturated carbocycles. The summed E-state index contributed by atoms with van der Waals surface area (Å²) in [6.45, 7) is 2.15. The number of hydrogen-bond acceptors (Lipinski definition) is 4. The summed E-state index contributed by atoms with van der Waals surface area (Å²) in [5.74, 6) is -1.02. The smallest absolute Gasteiger partial charge is 0.243 e. The molecular formula is C11H16BrClFN3O2S. The molecule has 0 spiro atoms. The third-order valence-electron chi connectivity index (χ3n) is 2.44. The lowest BCUT2D eigenvalue weighted by Gasteiger charge is -2.19. The molecule has 0 aromatic heterocycles. The number of benzene rings is 1. The van der Waals surface area contributed by atoms with Crippen molar-refractivity contribution in [3.05, 3.63) is 21.4 Å². The van der Waals surface area contributed by atoms with Gasteiger partial charge in [-0.2, -0.15) is 0 Å². The monoisotopic (exact) mass is 387 g/mol. The number of nitrogen functional groups attached to an aromatic ring is 1. The number of rotatable bonds is 5. The van der Waals surface area contributed by atoms with Crippen LogP contribution >= 0.6 is 27.5 Å². The van der Waals surface area contributed by atoms with Crippen LogP contribution in [0.3, 0.4) is 0 Å². The molecule has 1 unspecified atom stereocenters. The van der Waals surface area contributed by atoms with E-state index in [9.17, 15) is 12.8 Å². The zero-order valence-electron chi connectivity index (χ0n) is 11.2. The summed E-state index contributed by atoms with van der Waals surface area (Å²) in [7, 11) is -0.424. The molecule has 9 heteroatoms. The van der Waals surface area contributed by atoms with Crippen molar-refractivity contribution >= 4 is 43.2 Å². The standard InChI is InChI=1S/C11H16BrClFN3O2S/c1-6(5-17(2)3)16-20(18,19)8-4-7(13)9(12)11(15)10(8)14/h4,6,16H,5,15H2,1-3H3. The molecule has 114 valence electrons. The van der Waals surface area contributed by atoms with Crippen molar-refractivity contribution in [1.82, 2.24) is 9.62 Å². The third kappa shape index (κ3) is 4.05. The molecule has 1 aromatic carbocycles. The second-order valence-electron chi connectivity index (χ2n) is 4.68. The summed E-state index contributed by atoms with van der Waals surface area (Å²) in [5, 5.41) is 0.0320. The van der Waals surface area contributed by atoms with Crippen LogP contribution in [0.15, 0.2) is 15.4 Å². The van der Waals surface area contributed by atoms with Crippen molar-refractivity contribution in [3.8, 4) is 0 Å². The van der Waals surface area contributed by atoms with Crippen molar-refractivity contribution in [1.29, 1.82) is 0 Å². The molecule has 0 bridgehead atoms. The Morgan fingerprint density at radius 3 is 2.60 bits per heavy atom. The molecule has 0 aliphatic heterocycles. The summed E-state index contributed by atoms with van der Waals surface area (Å²) in [4.78, 5) is 1.25. The first kappa shape index (κ1) is 17.6. The summed E-state index contributed by atoms with van der Waals surface area (Å²) in [5.41, 5.74) is 5.15. The van der Waals surface area contributed by atoms with E-state index in [2.05, 4.69) is 20.7 Å². The largest absolute Gasteiger partial charge is 0.395 e. The molecule has 0 saturated heterocycles. The summed E-state index contributed by atoms with van der Waals surface area (Å²) >= 11 is 8.82. The number of nitrogens with one attached hydrogen (secondary N) is 1. The van der Waals surface area contributed by atoms with Crippen molar-refractivity contribution in [2.45, 2.75) is 17.9 Å². The van der Waals surface area contributed by atoms with Gasteiger partial charge >= 0.3 is 0 Å². The number of anilines is 1. The van der Waals surface area contributed by atoms with E-state index < -0.39 is 26.8 Å². The highest BCUT2D eigenvalue weighted by molar-refractivity contribution is 9.10. The first-order chi connectivity index (χ1) is 9.06. The van der Waals surface area contributed by atoms with Gasteiger partial charge in [0.2, 0.25) is 10.0 Å². The second kappa shape index (κ2) is 6.57. The predicted molar refractivity (Wildman–Crippen MR) is 81.9 cm³/mol. The summed E-state index contributed by atoms with van der Waals surface area (Å²) in [6, 6.07) is 0.639. The highest BCUT2D eigenvalue weighted by Crippen LogP contribution is 2.34. The van der Waals surface area contributed by atoms with E-state index in [4.69, 9.17) is 17.3 Å². The molecule has 5 nitrogen and oxygen atoms in total. The van der Waals surface area contributed by atoms with Crippen LogP contribution in [0.4, 0.5) is 10.1 Å².